The van der Waals surface area contributed by atoms with Gasteiger partial charge in [0, 0.05) is 32.2 Å². The van der Waals surface area contributed by atoms with Gasteiger partial charge in [0.2, 0.25) is 0 Å². The zero-order valence-corrected chi connectivity index (χ0v) is 12.6. The minimum Gasteiger partial charge on any atom is -0.480 e. The van der Waals surface area contributed by atoms with Gasteiger partial charge in [0.15, 0.2) is 0 Å². The summed E-state index contributed by atoms with van der Waals surface area (Å²) in [7, 11) is 0. The van der Waals surface area contributed by atoms with Crippen LogP contribution in [0.1, 0.15) is 19.4 Å². The van der Waals surface area contributed by atoms with E-state index in [-0.39, 0.29) is 11.9 Å². The number of carboxylic acid groups (broad SMARTS) is 1. The molecule has 0 aromatic heterocycles. The van der Waals surface area contributed by atoms with Gasteiger partial charge in [-0.15, -0.1) is 0 Å². The number of halogens is 1. The lowest BCUT2D eigenvalue weighted by molar-refractivity contribution is -0.143. The maximum Gasteiger partial charge on any atom is 0.320 e. The minimum atomic E-state index is -0.775. The van der Waals surface area contributed by atoms with E-state index in [1.165, 1.54) is 6.07 Å². The SMILES string of the molecule is CC(Cc1ccccc1F)N1CCN(C(C)C(=O)O)CC1. The van der Waals surface area contributed by atoms with Crippen LogP contribution in [0.3, 0.4) is 0 Å². The lowest BCUT2D eigenvalue weighted by atomic mass is 10.0. The molecule has 1 aliphatic heterocycles. The predicted octanol–water partition coefficient (Wildman–Crippen LogP) is 1.85. The number of aliphatic carboxylic acids is 1. The Morgan fingerprint density at radius 2 is 1.76 bits per heavy atom. The van der Waals surface area contributed by atoms with Crippen molar-refractivity contribution in [1.29, 1.82) is 0 Å². The summed E-state index contributed by atoms with van der Waals surface area (Å²) < 4.78 is 13.7. The standard InChI is InChI=1S/C16H23FN2O2/c1-12(11-14-5-3-4-6-15(14)17)18-7-9-19(10-8-18)13(2)16(20)21/h3-6,12-13H,7-11H2,1-2H3,(H,20,21). The highest BCUT2D eigenvalue weighted by Gasteiger charge is 2.27. The van der Waals surface area contributed by atoms with E-state index < -0.39 is 12.0 Å². The molecule has 1 aromatic rings. The third kappa shape index (κ3) is 4.02. The highest BCUT2D eigenvalue weighted by atomic mass is 19.1. The van der Waals surface area contributed by atoms with Crippen molar-refractivity contribution in [1.82, 2.24) is 9.80 Å². The first-order valence-electron chi connectivity index (χ1n) is 7.43. The molecule has 4 nitrogen and oxygen atoms in total. The maximum atomic E-state index is 13.7. The van der Waals surface area contributed by atoms with E-state index in [9.17, 15) is 9.18 Å². The molecular formula is C16H23FN2O2. The average Bonchev–Trinajstić information content (AvgIpc) is 2.49. The summed E-state index contributed by atoms with van der Waals surface area (Å²) in [6.45, 7) is 6.97. The Morgan fingerprint density at radius 3 is 2.33 bits per heavy atom. The van der Waals surface area contributed by atoms with Crippen molar-refractivity contribution in [3.05, 3.63) is 35.6 Å². The molecule has 2 atom stereocenters. The summed E-state index contributed by atoms with van der Waals surface area (Å²) in [5.41, 5.74) is 0.742. The molecule has 0 aliphatic carbocycles. The molecule has 0 radical (unpaired) electrons. The van der Waals surface area contributed by atoms with E-state index in [1.54, 1.807) is 13.0 Å². The van der Waals surface area contributed by atoms with Gasteiger partial charge < -0.3 is 5.11 Å². The van der Waals surface area contributed by atoms with Crippen molar-refractivity contribution in [2.75, 3.05) is 26.2 Å². The van der Waals surface area contributed by atoms with Crippen molar-refractivity contribution in [3.63, 3.8) is 0 Å². The summed E-state index contributed by atoms with van der Waals surface area (Å²) in [6, 6.07) is 6.70. The third-order valence-corrected chi connectivity index (χ3v) is 4.35. The van der Waals surface area contributed by atoms with Crippen LogP contribution < -0.4 is 0 Å². The van der Waals surface area contributed by atoms with Gasteiger partial charge in [0.1, 0.15) is 11.9 Å². The summed E-state index contributed by atoms with van der Waals surface area (Å²) in [5.74, 6) is -0.926. The zero-order valence-electron chi connectivity index (χ0n) is 12.6. The molecule has 1 saturated heterocycles. The largest absolute Gasteiger partial charge is 0.480 e. The minimum absolute atomic E-state index is 0.150. The van der Waals surface area contributed by atoms with Gasteiger partial charge in [-0.3, -0.25) is 14.6 Å². The van der Waals surface area contributed by atoms with Crippen LogP contribution in [0.5, 0.6) is 0 Å². The monoisotopic (exact) mass is 294 g/mol. The fourth-order valence-corrected chi connectivity index (χ4v) is 2.83. The molecule has 0 spiro atoms. The Labute approximate surface area is 125 Å². The summed E-state index contributed by atoms with van der Waals surface area (Å²) in [4.78, 5) is 15.3. The van der Waals surface area contributed by atoms with Crippen LogP contribution in [0.2, 0.25) is 0 Å². The molecule has 0 amide bonds. The molecule has 1 heterocycles. The van der Waals surface area contributed by atoms with Crippen LogP contribution in [0.4, 0.5) is 4.39 Å². The Bertz CT molecular complexity index is 487. The van der Waals surface area contributed by atoms with E-state index in [0.29, 0.717) is 6.42 Å². The Kier molecular flexibility index (Phi) is 5.31. The van der Waals surface area contributed by atoms with Crippen molar-refractivity contribution in [3.8, 4) is 0 Å². The number of nitrogens with zero attached hydrogens (tertiary/aromatic N) is 2. The molecule has 2 rings (SSSR count). The van der Waals surface area contributed by atoms with Crippen molar-refractivity contribution in [2.24, 2.45) is 0 Å². The number of hydrogen-bond acceptors (Lipinski definition) is 3. The van der Waals surface area contributed by atoms with Gasteiger partial charge in [-0.1, -0.05) is 18.2 Å². The molecule has 1 N–H and O–H groups in total. The molecule has 1 fully saturated rings. The number of piperazine rings is 1. The molecule has 5 heteroatoms. The molecule has 116 valence electrons. The van der Waals surface area contributed by atoms with Crippen molar-refractivity contribution >= 4 is 5.97 Å². The molecular weight excluding hydrogens is 271 g/mol. The van der Waals surface area contributed by atoms with Crippen LogP contribution in [0.25, 0.3) is 0 Å². The van der Waals surface area contributed by atoms with Crippen LogP contribution in [-0.2, 0) is 11.2 Å². The van der Waals surface area contributed by atoms with Crippen molar-refractivity contribution in [2.45, 2.75) is 32.4 Å². The predicted molar refractivity (Wildman–Crippen MR) is 79.8 cm³/mol. The number of hydrogen-bond donors (Lipinski definition) is 1. The molecule has 1 aromatic carbocycles. The second-order valence-corrected chi connectivity index (χ2v) is 5.73. The first-order chi connectivity index (χ1) is 9.99. The van der Waals surface area contributed by atoms with Crippen LogP contribution in [0, 0.1) is 5.82 Å². The maximum absolute atomic E-state index is 13.7. The fourth-order valence-electron chi connectivity index (χ4n) is 2.83. The lowest BCUT2D eigenvalue weighted by Crippen LogP contribution is -2.54. The first kappa shape index (κ1) is 15.9. The quantitative estimate of drug-likeness (QED) is 0.900. The molecule has 21 heavy (non-hydrogen) atoms. The van der Waals surface area contributed by atoms with Gasteiger partial charge in [-0.25, -0.2) is 4.39 Å². The molecule has 0 bridgehead atoms. The van der Waals surface area contributed by atoms with Gasteiger partial charge in [0.25, 0.3) is 0 Å². The lowest BCUT2D eigenvalue weighted by Gasteiger charge is -2.39. The normalized spacial score (nSPS) is 20.1. The Morgan fingerprint density at radius 1 is 1.19 bits per heavy atom. The third-order valence-electron chi connectivity index (χ3n) is 4.35. The van der Waals surface area contributed by atoms with Crippen molar-refractivity contribution < 1.29 is 14.3 Å². The topological polar surface area (TPSA) is 43.8 Å². The highest BCUT2D eigenvalue weighted by Crippen LogP contribution is 2.15. The Hall–Kier alpha value is -1.46. The van der Waals surface area contributed by atoms with Crippen LogP contribution in [0.15, 0.2) is 24.3 Å². The average molecular weight is 294 g/mol. The second-order valence-electron chi connectivity index (χ2n) is 5.73. The van der Waals surface area contributed by atoms with Gasteiger partial charge in [0.05, 0.1) is 0 Å². The molecule has 1 aliphatic rings. The zero-order chi connectivity index (χ0) is 15.4. The van der Waals surface area contributed by atoms with E-state index in [1.807, 2.05) is 17.0 Å². The number of carbonyl (C=O) groups is 1. The van der Waals surface area contributed by atoms with Gasteiger partial charge in [-0.05, 0) is 31.9 Å². The summed E-state index contributed by atoms with van der Waals surface area (Å²) in [5, 5.41) is 9.04. The highest BCUT2D eigenvalue weighted by molar-refractivity contribution is 5.72. The second kappa shape index (κ2) is 7.00. The summed E-state index contributed by atoms with van der Waals surface area (Å²) in [6.07, 6.45) is 0.682. The van der Waals surface area contributed by atoms with E-state index in [2.05, 4.69) is 11.8 Å². The first-order valence-corrected chi connectivity index (χ1v) is 7.43. The molecule has 2 unspecified atom stereocenters. The fraction of sp³-hybridized carbons (Fsp3) is 0.562. The van der Waals surface area contributed by atoms with Gasteiger partial charge >= 0.3 is 5.97 Å². The summed E-state index contributed by atoms with van der Waals surface area (Å²) >= 11 is 0. The Balaban J connectivity index is 1.87. The smallest absolute Gasteiger partial charge is 0.320 e. The number of benzene rings is 1. The van der Waals surface area contributed by atoms with E-state index in [4.69, 9.17) is 5.11 Å². The number of rotatable bonds is 5. The van der Waals surface area contributed by atoms with Gasteiger partial charge in [-0.2, -0.15) is 0 Å². The van der Waals surface area contributed by atoms with E-state index >= 15 is 0 Å². The molecule has 0 saturated carbocycles. The van der Waals surface area contributed by atoms with Crippen LogP contribution in [-0.4, -0.2) is 59.1 Å². The number of carboxylic acids is 1. The van der Waals surface area contributed by atoms with E-state index in [0.717, 1.165) is 31.7 Å². The van der Waals surface area contributed by atoms with Crippen LogP contribution >= 0.6 is 0 Å².